The van der Waals surface area contributed by atoms with E-state index in [4.69, 9.17) is 9.47 Å². The average Bonchev–Trinajstić information content (AvgIpc) is 2.59. The van der Waals surface area contributed by atoms with Gasteiger partial charge >= 0.3 is 0 Å². The Hall–Kier alpha value is -2.69. The van der Waals surface area contributed by atoms with Gasteiger partial charge in [0.2, 0.25) is 5.91 Å². The Bertz CT molecular complexity index is 671. The van der Waals surface area contributed by atoms with Crippen molar-refractivity contribution in [2.75, 3.05) is 26.1 Å². The lowest BCUT2D eigenvalue weighted by Crippen LogP contribution is -2.29. The first-order valence-corrected chi connectivity index (χ1v) is 7.41. The summed E-state index contributed by atoms with van der Waals surface area (Å²) in [5.74, 6) is 1.26. The molecule has 0 aliphatic carbocycles. The Kier molecular flexibility index (Phi) is 5.86. The van der Waals surface area contributed by atoms with Gasteiger partial charge in [-0.05, 0) is 30.2 Å². The van der Waals surface area contributed by atoms with Crippen LogP contribution in [0.2, 0.25) is 0 Å². The van der Waals surface area contributed by atoms with Crippen LogP contribution in [-0.4, -0.2) is 26.7 Å². The van der Waals surface area contributed by atoms with Crippen molar-refractivity contribution in [3.8, 4) is 11.5 Å². The molecule has 0 atom stereocenters. The molecule has 2 aromatic carbocycles. The first-order valence-electron chi connectivity index (χ1n) is 7.41. The van der Waals surface area contributed by atoms with E-state index in [1.807, 2.05) is 43.3 Å². The third-order valence-corrected chi connectivity index (χ3v) is 3.59. The normalized spacial score (nSPS) is 10.0. The fourth-order valence-corrected chi connectivity index (χ4v) is 2.18. The number of rotatable bonds is 7. The van der Waals surface area contributed by atoms with Gasteiger partial charge in [0.15, 0.2) is 0 Å². The molecule has 5 heteroatoms. The van der Waals surface area contributed by atoms with E-state index in [1.165, 1.54) is 0 Å². The molecule has 0 aromatic heterocycles. The lowest BCUT2D eigenvalue weighted by Gasteiger charge is -2.13. The molecule has 0 unspecified atom stereocenters. The number of anilines is 1. The number of carbonyl (C=O) groups is 1. The van der Waals surface area contributed by atoms with Crippen molar-refractivity contribution < 1.29 is 14.3 Å². The van der Waals surface area contributed by atoms with Gasteiger partial charge in [-0.3, -0.25) is 4.79 Å². The maximum atomic E-state index is 12.0. The summed E-state index contributed by atoms with van der Waals surface area (Å²) in [5.41, 5.74) is 3.03. The maximum absolute atomic E-state index is 12.0. The quantitative estimate of drug-likeness (QED) is 0.825. The molecule has 1 amide bonds. The largest absolute Gasteiger partial charge is 0.497 e. The second kappa shape index (κ2) is 8.08. The third kappa shape index (κ3) is 4.64. The number of hydrogen-bond acceptors (Lipinski definition) is 4. The predicted molar refractivity (Wildman–Crippen MR) is 91.1 cm³/mol. The minimum absolute atomic E-state index is 0.0777. The van der Waals surface area contributed by atoms with Crippen molar-refractivity contribution >= 4 is 11.6 Å². The molecule has 0 aliphatic heterocycles. The maximum Gasteiger partial charge on any atom is 0.239 e. The van der Waals surface area contributed by atoms with Crippen LogP contribution in [0, 0.1) is 6.92 Å². The first-order chi connectivity index (χ1) is 11.1. The van der Waals surface area contributed by atoms with Crippen LogP contribution in [-0.2, 0) is 11.3 Å². The molecule has 0 bridgehead atoms. The highest BCUT2D eigenvalue weighted by molar-refractivity contribution is 5.81. The molecular weight excluding hydrogens is 292 g/mol. The van der Waals surface area contributed by atoms with Crippen LogP contribution in [0.4, 0.5) is 5.69 Å². The van der Waals surface area contributed by atoms with Gasteiger partial charge in [0.25, 0.3) is 0 Å². The summed E-state index contributed by atoms with van der Waals surface area (Å²) in [6, 6.07) is 13.4. The molecule has 2 aromatic rings. The molecule has 2 N–H and O–H groups in total. The summed E-state index contributed by atoms with van der Waals surface area (Å²) in [5, 5.41) is 5.98. The molecule has 23 heavy (non-hydrogen) atoms. The molecule has 0 radical (unpaired) electrons. The van der Waals surface area contributed by atoms with Gasteiger partial charge in [-0.1, -0.05) is 24.3 Å². The highest BCUT2D eigenvalue weighted by Gasteiger charge is 2.07. The molecular formula is C18H22N2O3. The third-order valence-electron chi connectivity index (χ3n) is 3.59. The zero-order valence-corrected chi connectivity index (χ0v) is 13.7. The summed E-state index contributed by atoms with van der Waals surface area (Å²) >= 11 is 0. The van der Waals surface area contributed by atoms with Crippen LogP contribution in [0.5, 0.6) is 11.5 Å². The van der Waals surface area contributed by atoms with Crippen LogP contribution in [0.15, 0.2) is 42.5 Å². The van der Waals surface area contributed by atoms with Gasteiger partial charge in [0.1, 0.15) is 11.5 Å². The minimum Gasteiger partial charge on any atom is -0.497 e. The zero-order chi connectivity index (χ0) is 16.7. The predicted octanol–water partition coefficient (Wildman–Crippen LogP) is 2.74. The number of ether oxygens (including phenoxy) is 2. The Balaban J connectivity index is 1.88. The van der Waals surface area contributed by atoms with Crippen molar-refractivity contribution in [1.29, 1.82) is 0 Å². The highest BCUT2D eigenvalue weighted by Crippen LogP contribution is 2.28. The van der Waals surface area contributed by atoms with E-state index in [0.717, 1.165) is 16.8 Å². The number of methoxy groups -OCH3 is 2. The summed E-state index contributed by atoms with van der Waals surface area (Å²) in [7, 11) is 3.18. The topological polar surface area (TPSA) is 59.6 Å². The average molecular weight is 314 g/mol. The van der Waals surface area contributed by atoms with Crippen LogP contribution < -0.4 is 20.1 Å². The Morgan fingerprint density at radius 1 is 1.09 bits per heavy atom. The van der Waals surface area contributed by atoms with E-state index in [2.05, 4.69) is 10.6 Å². The fraction of sp³-hybridized carbons (Fsp3) is 0.278. The van der Waals surface area contributed by atoms with Gasteiger partial charge in [0, 0.05) is 12.6 Å². The highest BCUT2D eigenvalue weighted by atomic mass is 16.5. The molecule has 0 saturated carbocycles. The number of benzene rings is 2. The molecule has 0 saturated heterocycles. The van der Waals surface area contributed by atoms with E-state index in [0.29, 0.717) is 18.0 Å². The van der Waals surface area contributed by atoms with Gasteiger partial charge in [-0.25, -0.2) is 0 Å². The minimum atomic E-state index is -0.0777. The van der Waals surface area contributed by atoms with Crippen molar-refractivity contribution in [2.24, 2.45) is 0 Å². The van der Waals surface area contributed by atoms with Crippen LogP contribution in [0.1, 0.15) is 11.1 Å². The fourth-order valence-electron chi connectivity index (χ4n) is 2.18. The molecule has 122 valence electrons. The number of carbonyl (C=O) groups excluding carboxylic acids is 1. The first kappa shape index (κ1) is 16.7. The van der Waals surface area contributed by atoms with Crippen molar-refractivity contribution in [2.45, 2.75) is 13.5 Å². The summed E-state index contributed by atoms with van der Waals surface area (Å²) < 4.78 is 10.4. The van der Waals surface area contributed by atoms with Crippen molar-refractivity contribution in [3.63, 3.8) is 0 Å². The lowest BCUT2D eigenvalue weighted by molar-refractivity contribution is -0.119. The van der Waals surface area contributed by atoms with Gasteiger partial charge in [-0.2, -0.15) is 0 Å². The van der Waals surface area contributed by atoms with Crippen molar-refractivity contribution in [1.82, 2.24) is 5.32 Å². The lowest BCUT2D eigenvalue weighted by atomic mass is 10.1. The van der Waals surface area contributed by atoms with Crippen molar-refractivity contribution in [3.05, 3.63) is 53.6 Å². The summed E-state index contributed by atoms with van der Waals surface area (Å²) in [6.45, 7) is 2.73. The Labute approximate surface area is 136 Å². The summed E-state index contributed by atoms with van der Waals surface area (Å²) in [4.78, 5) is 12.0. The Morgan fingerprint density at radius 3 is 2.57 bits per heavy atom. The standard InChI is InChI=1S/C18H22N2O3/c1-13-6-4-5-7-14(13)11-20-18(21)12-19-16-9-8-15(22-2)10-17(16)23-3/h4-10,19H,11-12H2,1-3H3,(H,20,21). The van der Waals surface area contributed by atoms with E-state index in [1.54, 1.807) is 20.3 Å². The molecule has 0 aliphatic rings. The molecule has 5 nitrogen and oxygen atoms in total. The number of amides is 1. The van der Waals surface area contributed by atoms with Gasteiger partial charge in [0.05, 0.1) is 26.5 Å². The van der Waals surface area contributed by atoms with Crippen LogP contribution in [0.3, 0.4) is 0 Å². The number of nitrogens with one attached hydrogen (secondary N) is 2. The second-order valence-electron chi connectivity index (χ2n) is 5.12. The molecule has 0 heterocycles. The smallest absolute Gasteiger partial charge is 0.239 e. The van der Waals surface area contributed by atoms with E-state index in [-0.39, 0.29) is 12.5 Å². The van der Waals surface area contributed by atoms with Gasteiger partial charge in [-0.15, -0.1) is 0 Å². The van der Waals surface area contributed by atoms with Gasteiger partial charge < -0.3 is 20.1 Å². The molecule has 0 fully saturated rings. The second-order valence-corrected chi connectivity index (χ2v) is 5.12. The zero-order valence-electron chi connectivity index (χ0n) is 13.7. The number of hydrogen-bond donors (Lipinski definition) is 2. The monoisotopic (exact) mass is 314 g/mol. The molecule has 0 spiro atoms. The van der Waals surface area contributed by atoms with Crippen LogP contribution in [0.25, 0.3) is 0 Å². The van der Waals surface area contributed by atoms with E-state index in [9.17, 15) is 4.79 Å². The SMILES string of the molecule is COc1ccc(NCC(=O)NCc2ccccc2C)c(OC)c1. The Morgan fingerprint density at radius 2 is 1.87 bits per heavy atom. The van der Waals surface area contributed by atoms with Crippen LogP contribution >= 0.6 is 0 Å². The molecule has 2 rings (SSSR count). The number of aryl methyl sites for hydroxylation is 1. The van der Waals surface area contributed by atoms with E-state index < -0.39 is 0 Å². The van der Waals surface area contributed by atoms with E-state index >= 15 is 0 Å². The summed E-state index contributed by atoms with van der Waals surface area (Å²) in [6.07, 6.45) is 0.